The van der Waals surface area contributed by atoms with E-state index in [0.717, 1.165) is 43.8 Å². The van der Waals surface area contributed by atoms with Crippen LogP contribution >= 0.6 is 0 Å². The highest BCUT2D eigenvalue weighted by Gasteiger charge is 2.31. The molecule has 1 heterocycles. The van der Waals surface area contributed by atoms with Gasteiger partial charge < -0.3 is 10.1 Å². The lowest BCUT2D eigenvalue weighted by Gasteiger charge is -2.40. The van der Waals surface area contributed by atoms with Crippen LogP contribution in [0.1, 0.15) is 30.9 Å². The molecule has 0 aliphatic carbocycles. The Labute approximate surface area is 156 Å². The summed E-state index contributed by atoms with van der Waals surface area (Å²) in [5.74, 6) is 0.904. The molecule has 26 heavy (non-hydrogen) atoms. The zero-order valence-corrected chi connectivity index (χ0v) is 15.7. The minimum absolute atomic E-state index is 0.0918. The molecule has 1 amide bonds. The molecule has 1 aliphatic rings. The van der Waals surface area contributed by atoms with Gasteiger partial charge in [-0.2, -0.15) is 0 Å². The van der Waals surface area contributed by atoms with Crippen molar-refractivity contribution in [3.05, 3.63) is 65.7 Å². The zero-order chi connectivity index (χ0) is 18.4. The molecule has 138 valence electrons. The second kappa shape index (κ2) is 8.37. The Kier molecular flexibility index (Phi) is 5.94. The summed E-state index contributed by atoms with van der Waals surface area (Å²) in [6, 6.07) is 18.3. The van der Waals surface area contributed by atoms with Crippen molar-refractivity contribution in [1.82, 2.24) is 10.2 Å². The average molecular weight is 352 g/mol. The van der Waals surface area contributed by atoms with Gasteiger partial charge in [0.1, 0.15) is 5.75 Å². The minimum Gasteiger partial charge on any atom is -0.497 e. The van der Waals surface area contributed by atoms with E-state index in [-0.39, 0.29) is 11.4 Å². The lowest BCUT2D eigenvalue weighted by atomic mass is 9.89. The van der Waals surface area contributed by atoms with E-state index < -0.39 is 0 Å². The molecule has 1 N–H and O–H groups in total. The van der Waals surface area contributed by atoms with Crippen molar-refractivity contribution in [2.75, 3.05) is 20.2 Å². The third-order valence-electron chi connectivity index (χ3n) is 5.17. The van der Waals surface area contributed by atoms with Gasteiger partial charge in [0.15, 0.2) is 0 Å². The second-order valence-corrected chi connectivity index (χ2v) is 7.40. The van der Waals surface area contributed by atoms with Gasteiger partial charge in [0.2, 0.25) is 5.91 Å². The molecule has 3 rings (SSSR count). The lowest BCUT2D eigenvalue weighted by Crippen LogP contribution is -2.53. The molecule has 1 fully saturated rings. The third kappa shape index (κ3) is 5.09. The molecule has 1 saturated heterocycles. The number of likely N-dealkylation sites (tertiary alicyclic amines) is 1. The molecule has 0 spiro atoms. The molecule has 2 aromatic rings. The summed E-state index contributed by atoms with van der Waals surface area (Å²) in [4.78, 5) is 14.9. The van der Waals surface area contributed by atoms with Gasteiger partial charge in [-0.1, -0.05) is 42.5 Å². The van der Waals surface area contributed by atoms with E-state index in [4.69, 9.17) is 4.74 Å². The Hall–Kier alpha value is -2.33. The molecule has 0 atom stereocenters. The monoisotopic (exact) mass is 352 g/mol. The molecule has 2 aromatic carbocycles. The van der Waals surface area contributed by atoms with Crippen LogP contribution in [0.2, 0.25) is 0 Å². The van der Waals surface area contributed by atoms with Crippen LogP contribution in [0.4, 0.5) is 0 Å². The van der Waals surface area contributed by atoms with Crippen molar-refractivity contribution >= 4 is 5.91 Å². The minimum atomic E-state index is -0.114. The number of methoxy groups -OCH3 is 1. The molecule has 4 heteroatoms. The Morgan fingerprint density at radius 2 is 1.69 bits per heavy atom. The van der Waals surface area contributed by atoms with Gasteiger partial charge in [0, 0.05) is 25.2 Å². The molecule has 0 bridgehead atoms. The fourth-order valence-corrected chi connectivity index (χ4v) is 3.48. The molecule has 0 radical (unpaired) electrons. The Morgan fingerprint density at radius 1 is 1.04 bits per heavy atom. The average Bonchev–Trinajstić information content (AvgIpc) is 2.65. The fraction of sp³-hybridized carbons (Fsp3) is 0.409. The highest BCUT2D eigenvalue weighted by atomic mass is 16.5. The van der Waals surface area contributed by atoms with Gasteiger partial charge in [-0.05, 0) is 43.0 Å². The van der Waals surface area contributed by atoms with Gasteiger partial charge in [0.25, 0.3) is 0 Å². The first kappa shape index (κ1) is 18.5. The van der Waals surface area contributed by atoms with E-state index in [9.17, 15) is 4.79 Å². The van der Waals surface area contributed by atoms with Crippen molar-refractivity contribution in [2.24, 2.45) is 0 Å². The topological polar surface area (TPSA) is 41.6 Å². The van der Waals surface area contributed by atoms with Crippen LogP contribution in [-0.4, -0.2) is 36.5 Å². The maximum Gasteiger partial charge on any atom is 0.224 e. The van der Waals surface area contributed by atoms with E-state index in [1.807, 2.05) is 24.3 Å². The first-order valence-electron chi connectivity index (χ1n) is 9.26. The third-order valence-corrected chi connectivity index (χ3v) is 5.17. The molecule has 0 unspecified atom stereocenters. The van der Waals surface area contributed by atoms with Gasteiger partial charge in [-0.15, -0.1) is 0 Å². The predicted molar refractivity (Wildman–Crippen MR) is 104 cm³/mol. The number of carbonyl (C=O) groups excluding carboxylic acids is 1. The predicted octanol–water partition coefficient (Wildman–Crippen LogP) is 3.41. The van der Waals surface area contributed by atoms with Crippen molar-refractivity contribution in [1.29, 1.82) is 0 Å². The summed E-state index contributed by atoms with van der Waals surface area (Å²) in [6.07, 6.45) is 2.37. The van der Waals surface area contributed by atoms with Crippen LogP contribution < -0.4 is 10.1 Å². The number of hydrogen-bond donors (Lipinski definition) is 1. The van der Waals surface area contributed by atoms with E-state index in [1.54, 1.807) is 7.11 Å². The van der Waals surface area contributed by atoms with Crippen LogP contribution in [0.3, 0.4) is 0 Å². The number of carbonyl (C=O) groups is 1. The fourth-order valence-electron chi connectivity index (χ4n) is 3.48. The maximum atomic E-state index is 12.5. The number of hydrogen-bond acceptors (Lipinski definition) is 3. The summed E-state index contributed by atoms with van der Waals surface area (Å²) in [7, 11) is 1.65. The zero-order valence-electron chi connectivity index (χ0n) is 15.7. The molecular weight excluding hydrogens is 324 g/mol. The van der Waals surface area contributed by atoms with Crippen LogP contribution in [0, 0.1) is 0 Å². The first-order chi connectivity index (χ1) is 12.6. The number of ether oxygens (including phenoxy) is 1. The van der Waals surface area contributed by atoms with Crippen molar-refractivity contribution < 1.29 is 9.53 Å². The van der Waals surface area contributed by atoms with Crippen LogP contribution in [0.5, 0.6) is 5.75 Å². The van der Waals surface area contributed by atoms with E-state index in [2.05, 4.69) is 47.5 Å². The Morgan fingerprint density at radius 3 is 2.31 bits per heavy atom. The molecular formula is C22H28N2O2. The van der Waals surface area contributed by atoms with Gasteiger partial charge in [-0.25, -0.2) is 0 Å². The van der Waals surface area contributed by atoms with Gasteiger partial charge >= 0.3 is 0 Å². The lowest BCUT2D eigenvalue weighted by molar-refractivity contribution is -0.122. The molecule has 0 saturated carbocycles. The Bertz CT molecular complexity index is 705. The number of piperidine rings is 1. The standard InChI is InChI=1S/C22H28N2O2/c1-22(23-21(25)16-18-8-10-20(26-2)11-9-18)12-14-24(15-13-22)17-19-6-4-3-5-7-19/h3-11H,12-17H2,1-2H3,(H,23,25). The number of rotatable bonds is 6. The summed E-state index contributed by atoms with van der Waals surface area (Å²) in [6.45, 7) is 5.16. The highest BCUT2D eigenvalue weighted by Crippen LogP contribution is 2.23. The summed E-state index contributed by atoms with van der Waals surface area (Å²) in [5.41, 5.74) is 2.24. The molecule has 0 aromatic heterocycles. The van der Waals surface area contributed by atoms with Crippen LogP contribution in [0.25, 0.3) is 0 Å². The largest absolute Gasteiger partial charge is 0.497 e. The SMILES string of the molecule is COc1ccc(CC(=O)NC2(C)CCN(Cc3ccccc3)CC2)cc1. The quantitative estimate of drug-likeness (QED) is 0.866. The van der Waals surface area contributed by atoms with Gasteiger partial charge in [-0.3, -0.25) is 9.69 Å². The second-order valence-electron chi connectivity index (χ2n) is 7.40. The van der Waals surface area contributed by atoms with Crippen molar-refractivity contribution in [2.45, 2.75) is 38.3 Å². The number of amides is 1. The number of nitrogens with one attached hydrogen (secondary N) is 1. The normalized spacial score (nSPS) is 16.8. The molecule has 1 aliphatic heterocycles. The highest BCUT2D eigenvalue weighted by molar-refractivity contribution is 5.79. The first-order valence-corrected chi connectivity index (χ1v) is 9.26. The van der Waals surface area contributed by atoms with E-state index >= 15 is 0 Å². The van der Waals surface area contributed by atoms with Crippen molar-refractivity contribution in [3.8, 4) is 5.75 Å². The summed E-state index contributed by atoms with van der Waals surface area (Å²) < 4.78 is 5.16. The summed E-state index contributed by atoms with van der Waals surface area (Å²) >= 11 is 0. The number of nitrogens with zero attached hydrogens (tertiary/aromatic N) is 1. The number of benzene rings is 2. The smallest absolute Gasteiger partial charge is 0.224 e. The van der Waals surface area contributed by atoms with Crippen LogP contribution in [0.15, 0.2) is 54.6 Å². The van der Waals surface area contributed by atoms with Crippen molar-refractivity contribution in [3.63, 3.8) is 0 Å². The van der Waals surface area contributed by atoms with Gasteiger partial charge in [0.05, 0.1) is 13.5 Å². The maximum absolute atomic E-state index is 12.5. The van der Waals surface area contributed by atoms with Crippen LogP contribution in [-0.2, 0) is 17.8 Å². The molecule has 4 nitrogen and oxygen atoms in total. The van der Waals surface area contributed by atoms with E-state index in [0.29, 0.717) is 6.42 Å². The Balaban J connectivity index is 1.48. The van der Waals surface area contributed by atoms with E-state index in [1.165, 1.54) is 5.56 Å². The summed E-state index contributed by atoms with van der Waals surface area (Å²) in [5, 5.41) is 3.26.